The zero-order valence-electron chi connectivity index (χ0n) is 54.1. The Bertz CT molecular complexity index is 2050. The minimum absolute atomic E-state index is 0.108. The van der Waals surface area contributed by atoms with Crippen molar-refractivity contribution in [2.75, 3.05) is 26.4 Å². The lowest BCUT2D eigenvalue weighted by atomic mass is 9.49. The van der Waals surface area contributed by atoms with Gasteiger partial charge in [0, 0.05) is 0 Å². The van der Waals surface area contributed by atoms with Crippen molar-refractivity contribution in [3.8, 4) is 0 Å². The first-order valence-electron chi connectivity index (χ1n) is 31.7. The van der Waals surface area contributed by atoms with Crippen LogP contribution in [0.5, 0.6) is 0 Å². The molecule has 82 heavy (non-hydrogen) atoms. The molecule has 0 N–H and O–H groups in total. The zero-order chi connectivity index (χ0) is 61.8. The van der Waals surface area contributed by atoms with Gasteiger partial charge in [-0.25, -0.2) is 9.59 Å². The fourth-order valence-corrected chi connectivity index (χ4v) is 12.1. The number of hydrogen-bond acceptors (Lipinski definition) is 16. The molecule has 0 spiro atoms. The topological polar surface area (TPSA) is 210 Å². The number of hydrogen-bond donors (Lipinski definition) is 0. The van der Waals surface area contributed by atoms with Crippen LogP contribution in [0.25, 0.3) is 0 Å². The highest BCUT2D eigenvalue weighted by molar-refractivity contribution is 5.81. The SMILES string of the molecule is CCC(C)(C)C(=O)OCC(=O)OC1(C)CCCC1.CCC(C)(C)C(=O)OCC(=O)OC1(C)CCCCC1.CCC(C)(C)C(=O)OCCC(=O)OC1(C)CCCCC1.CCC(C)(C)C(=O)OCCC(=O)OC1(CC)C2CC3CC(C2)CC1C3. The molecule has 4 bridgehead atoms. The molecule has 0 aromatic carbocycles. The van der Waals surface area contributed by atoms with Gasteiger partial charge in [0.2, 0.25) is 0 Å². The van der Waals surface area contributed by atoms with Crippen LogP contribution in [0.2, 0.25) is 0 Å². The van der Waals surface area contributed by atoms with Gasteiger partial charge < -0.3 is 37.9 Å². The van der Waals surface area contributed by atoms with Gasteiger partial charge in [0.15, 0.2) is 13.2 Å². The predicted octanol–water partition coefficient (Wildman–Crippen LogP) is 14.2. The molecule has 472 valence electrons. The predicted molar refractivity (Wildman–Crippen MR) is 314 cm³/mol. The van der Waals surface area contributed by atoms with Gasteiger partial charge in [0.25, 0.3) is 0 Å². The number of carbonyl (C=O) groups excluding carboxylic acids is 8. The van der Waals surface area contributed by atoms with Crippen LogP contribution in [-0.2, 0) is 76.3 Å². The Kier molecular flexibility index (Phi) is 27.9. The van der Waals surface area contributed by atoms with Crippen LogP contribution in [0.15, 0.2) is 0 Å². The van der Waals surface area contributed by atoms with E-state index in [1.165, 1.54) is 44.9 Å². The molecule has 0 saturated heterocycles. The lowest BCUT2D eigenvalue weighted by molar-refractivity contribution is -0.211. The lowest BCUT2D eigenvalue weighted by Gasteiger charge is -2.60. The minimum atomic E-state index is -0.547. The van der Waals surface area contributed by atoms with E-state index in [1.807, 2.05) is 90.0 Å². The molecule has 16 nitrogen and oxygen atoms in total. The van der Waals surface area contributed by atoms with E-state index in [9.17, 15) is 38.4 Å². The molecule has 0 unspecified atom stereocenters. The second-order valence-corrected chi connectivity index (χ2v) is 28.1. The smallest absolute Gasteiger partial charge is 0.344 e. The Morgan fingerprint density at radius 2 is 0.634 bits per heavy atom. The summed E-state index contributed by atoms with van der Waals surface area (Å²) in [5.41, 5.74) is -3.37. The van der Waals surface area contributed by atoms with Crippen LogP contribution in [0.3, 0.4) is 0 Å². The van der Waals surface area contributed by atoms with Crippen molar-refractivity contribution in [3.05, 3.63) is 0 Å². The third kappa shape index (κ3) is 22.3. The minimum Gasteiger partial charge on any atom is -0.465 e. The summed E-state index contributed by atoms with van der Waals surface area (Å²) < 4.78 is 43.0. The van der Waals surface area contributed by atoms with Gasteiger partial charge in [-0.3, -0.25) is 28.8 Å². The maximum atomic E-state index is 12.5. The maximum Gasteiger partial charge on any atom is 0.344 e. The van der Waals surface area contributed by atoms with Crippen molar-refractivity contribution < 1.29 is 76.3 Å². The average Bonchev–Trinajstić information content (AvgIpc) is 3.61. The van der Waals surface area contributed by atoms with Crippen molar-refractivity contribution in [2.45, 2.75) is 300 Å². The monoisotopic (exact) mass is 1160 g/mol. The number of ether oxygens (including phenoxy) is 8. The second-order valence-electron chi connectivity index (χ2n) is 28.1. The molecule has 0 amide bonds. The average molecular weight is 1160 g/mol. The van der Waals surface area contributed by atoms with Gasteiger partial charge in [-0.1, -0.05) is 47.5 Å². The zero-order valence-corrected chi connectivity index (χ0v) is 54.1. The number of esters is 8. The summed E-state index contributed by atoms with van der Waals surface area (Å²) in [5, 5.41) is 0. The molecule has 7 saturated carbocycles. The molecule has 0 atom stereocenters. The molecule has 0 aromatic heterocycles. The molecular formula is C66H112O16. The van der Waals surface area contributed by atoms with E-state index in [0.717, 1.165) is 102 Å². The van der Waals surface area contributed by atoms with Crippen LogP contribution in [-0.4, -0.2) is 96.6 Å². The fraction of sp³-hybridized carbons (Fsp3) is 0.879. The van der Waals surface area contributed by atoms with Crippen molar-refractivity contribution in [3.63, 3.8) is 0 Å². The van der Waals surface area contributed by atoms with Gasteiger partial charge >= 0.3 is 47.8 Å². The Labute approximate surface area is 494 Å². The maximum absolute atomic E-state index is 12.5. The van der Waals surface area contributed by atoms with Crippen molar-refractivity contribution in [2.24, 2.45) is 45.3 Å². The lowest BCUT2D eigenvalue weighted by Crippen LogP contribution is -2.59. The highest BCUT2D eigenvalue weighted by Crippen LogP contribution is 2.60. The normalized spacial score (nSPS) is 24.0. The molecule has 0 aliphatic heterocycles. The Balaban J connectivity index is 0.000000290. The molecular weight excluding hydrogens is 1050 g/mol. The highest BCUT2D eigenvalue weighted by atomic mass is 16.6. The van der Waals surface area contributed by atoms with E-state index in [4.69, 9.17) is 37.9 Å². The molecule has 0 radical (unpaired) electrons. The van der Waals surface area contributed by atoms with E-state index in [0.29, 0.717) is 31.1 Å². The van der Waals surface area contributed by atoms with Crippen LogP contribution in [0.4, 0.5) is 0 Å². The van der Waals surface area contributed by atoms with Crippen molar-refractivity contribution >= 4 is 47.8 Å². The summed E-state index contributed by atoms with van der Waals surface area (Å²) >= 11 is 0. The molecule has 7 aliphatic rings. The summed E-state index contributed by atoms with van der Waals surface area (Å²) in [5.74, 6) is 0.269. The summed E-state index contributed by atoms with van der Waals surface area (Å²) in [4.78, 5) is 94.8. The third-order valence-electron chi connectivity index (χ3n) is 19.4. The second kappa shape index (κ2) is 31.8. The summed E-state index contributed by atoms with van der Waals surface area (Å²) in [6, 6.07) is 0. The van der Waals surface area contributed by atoms with Crippen LogP contribution in [0, 0.1) is 45.3 Å². The van der Waals surface area contributed by atoms with Gasteiger partial charge in [0.1, 0.15) is 35.6 Å². The quantitative estimate of drug-likeness (QED) is 0.0688. The van der Waals surface area contributed by atoms with Gasteiger partial charge in [0.05, 0.1) is 34.5 Å². The molecule has 7 fully saturated rings. The highest BCUT2D eigenvalue weighted by Gasteiger charge is 2.58. The van der Waals surface area contributed by atoms with E-state index in [2.05, 4.69) is 6.92 Å². The number of carbonyl (C=O) groups is 8. The first-order valence-corrected chi connectivity index (χ1v) is 31.7. The van der Waals surface area contributed by atoms with Crippen molar-refractivity contribution in [1.82, 2.24) is 0 Å². The van der Waals surface area contributed by atoms with E-state index in [-0.39, 0.29) is 97.5 Å². The summed E-state index contributed by atoms with van der Waals surface area (Å²) in [6.45, 7) is 30.1. The van der Waals surface area contributed by atoms with Crippen LogP contribution in [0.1, 0.15) is 278 Å². The fourth-order valence-electron chi connectivity index (χ4n) is 12.1. The molecule has 7 rings (SSSR count). The van der Waals surface area contributed by atoms with Gasteiger partial charge in [-0.2, -0.15) is 0 Å². The van der Waals surface area contributed by atoms with Gasteiger partial charge in [-0.15, -0.1) is 0 Å². The Morgan fingerprint density at radius 3 is 0.927 bits per heavy atom. The molecule has 0 heterocycles. The first kappa shape index (κ1) is 72.0. The largest absolute Gasteiger partial charge is 0.465 e. The summed E-state index contributed by atoms with van der Waals surface area (Å²) in [6.07, 6.45) is 24.8. The van der Waals surface area contributed by atoms with E-state index < -0.39 is 33.6 Å². The first-order chi connectivity index (χ1) is 38.2. The van der Waals surface area contributed by atoms with Crippen LogP contribution < -0.4 is 0 Å². The molecule has 7 aliphatic carbocycles. The van der Waals surface area contributed by atoms with E-state index >= 15 is 0 Å². The standard InChI is InChI=1S/C21H34O4.C16H28O4.C15H26O4.C14H24O4/c1-5-20(3,4)19(23)24-8-7-18(22)25-21(6-2)16-10-14-9-15(12-16)13-17(21)11-14;1-5-15(2,3)14(18)19-12-9-13(17)20-16(4)10-7-6-8-11-16;1-5-14(2,3)13(17)18-11-12(16)19-15(4)9-7-6-8-10-15;1-5-13(2,3)12(16)17-10-11(15)18-14(4)8-6-7-9-14/h14-17H,5-13H2,1-4H3;5-12H2,1-4H3;5-11H2,1-4H3;5-10H2,1-4H3. The summed E-state index contributed by atoms with van der Waals surface area (Å²) in [7, 11) is 0. The number of rotatable bonds is 23. The van der Waals surface area contributed by atoms with Gasteiger partial charge in [-0.05, 0) is 241 Å². The Hall–Kier alpha value is -4.24. The third-order valence-corrected chi connectivity index (χ3v) is 19.4. The van der Waals surface area contributed by atoms with Crippen molar-refractivity contribution in [1.29, 1.82) is 0 Å². The Morgan fingerprint density at radius 1 is 0.366 bits per heavy atom. The molecule has 0 aromatic rings. The molecule has 16 heteroatoms. The van der Waals surface area contributed by atoms with E-state index in [1.54, 1.807) is 13.8 Å². The van der Waals surface area contributed by atoms with Crippen LogP contribution >= 0.6 is 0 Å².